The predicted molar refractivity (Wildman–Crippen MR) is 81.8 cm³/mol. The average Bonchev–Trinajstić information content (AvgIpc) is 3.12. The number of hydrogen-bond donors (Lipinski definition) is 1. The third-order valence-corrected chi connectivity index (χ3v) is 3.42. The minimum absolute atomic E-state index is 0.780. The van der Waals surface area contributed by atoms with Gasteiger partial charge in [0.1, 0.15) is 0 Å². The number of hydrogen-bond acceptors (Lipinski definition) is 4. The van der Waals surface area contributed by atoms with Gasteiger partial charge in [0.05, 0.1) is 29.6 Å². The van der Waals surface area contributed by atoms with E-state index in [9.17, 15) is 0 Å². The lowest BCUT2D eigenvalue weighted by Gasteiger charge is -2.03. The van der Waals surface area contributed by atoms with Crippen molar-refractivity contribution < 1.29 is 0 Å². The number of nitrogens with zero attached hydrogens (tertiary/aromatic N) is 5. The Morgan fingerprint density at radius 2 is 2.10 bits per heavy atom. The molecule has 0 bridgehead atoms. The highest BCUT2D eigenvalue weighted by Gasteiger charge is 2.03. The zero-order valence-electron chi connectivity index (χ0n) is 12.2. The van der Waals surface area contributed by atoms with Gasteiger partial charge in [-0.2, -0.15) is 0 Å². The van der Waals surface area contributed by atoms with Crippen molar-refractivity contribution in [2.75, 3.05) is 6.54 Å². The first-order valence-electron chi connectivity index (χ1n) is 7.36. The van der Waals surface area contributed by atoms with E-state index in [0.717, 1.165) is 49.3 Å². The molecule has 1 N–H and O–H groups in total. The van der Waals surface area contributed by atoms with Gasteiger partial charge in [0.25, 0.3) is 0 Å². The molecule has 0 saturated carbocycles. The van der Waals surface area contributed by atoms with E-state index < -0.39 is 0 Å². The summed E-state index contributed by atoms with van der Waals surface area (Å²) in [5.41, 5.74) is 3.17. The molecule has 0 saturated heterocycles. The third-order valence-electron chi connectivity index (χ3n) is 3.42. The third kappa shape index (κ3) is 3.28. The van der Waals surface area contributed by atoms with Crippen LogP contribution in [0.15, 0.2) is 36.8 Å². The van der Waals surface area contributed by atoms with Crippen LogP contribution < -0.4 is 5.32 Å². The van der Waals surface area contributed by atoms with Crippen LogP contribution in [0.4, 0.5) is 0 Å². The Labute approximate surface area is 123 Å². The van der Waals surface area contributed by atoms with Gasteiger partial charge in [-0.1, -0.05) is 24.3 Å². The lowest BCUT2D eigenvalue weighted by atomic mass is 10.3. The van der Waals surface area contributed by atoms with Crippen molar-refractivity contribution in [1.29, 1.82) is 0 Å². The summed E-state index contributed by atoms with van der Waals surface area (Å²) < 4.78 is 4.03. The molecule has 0 amide bonds. The molecule has 6 heteroatoms. The predicted octanol–water partition coefficient (Wildman–Crippen LogP) is 1.83. The van der Waals surface area contributed by atoms with Gasteiger partial charge < -0.3 is 9.88 Å². The average molecular weight is 284 g/mol. The molecule has 0 spiro atoms. The van der Waals surface area contributed by atoms with E-state index in [2.05, 4.69) is 38.2 Å². The molecule has 2 aromatic heterocycles. The van der Waals surface area contributed by atoms with Crippen LogP contribution in [0, 0.1) is 0 Å². The van der Waals surface area contributed by atoms with Crippen molar-refractivity contribution in [3.05, 3.63) is 42.5 Å². The van der Waals surface area contributed by atoms with E-state index in [1.807, 2.05) is 35.4 Å². The quantitative estimate of drug-likeness (QED) is 0.672. The largest absolute Gasteiger partial charge is 0.329 e. The topological polar surface area (TPSA) is 60.6 Å². The lowest BCUT2D eigenvalue weighted by Crippen LogP contribution is -2.14. The molecule has 0 fully saturated rings. The van der Waals surface area contributed by atoms with Gasteiger partial charge in [-0.15, -0.1) is 5.10 Å². The van der Waals surface area contributed by atoms with Gasteiger partial charge in [0, 0.05) is 19.3 Å². The van der Waals surface area contributed by atoms with Crippen molar-refractivity contribution in [3.63, 3.8) is 0 Å². The molecule has 0 atom stereocenters. The lowest BCUT2D eigenvalue weighted by molar-refractivity contribution is 0.526. The van der Waals surface area contributed by atoms with E-state index in [4.69, 9.17) is 0 Å². The van der Waals surface area contributed by atoms with Crippen LogP contribution in [0.5, 0.6) is 0 Å². The smallest absolute Gasteiger partial charge is 0.0964 e. The standard InChI is InChI=1S/C15H20N6/c1-2-7-16-10-13-11-21(19-18-13)9-8-20-12-17-14-5-3-4-6-15(14)20/h3-6,11-12,16H,2,7-10H2,1H3. The number of nitrogens with one attached hydrogen (secondary N) is 1. The number of aromatic nitrogens is 5. The van der Waals surface area contributed by atoms with Gasteiger partial charge in [-0.25, -0.2) is 4.98 Å². The second-order valence-corrected chi connectivity index (χ2v) is 5.08. The second kappa shape index (κ2) is 6.49. The number of aryl methyl sites for hydroxylation is 2. The van der Waals surface area contributed by atoms with Crippen LogP contribution in [0.2, 0.25) is 0 Å². The summed E-state index contributed by atoms with van der Waals surface area (Å²) in [6.45, 7) is 5.57. The molecule has 0 unspecified atom stereocenters. The Bertz CT molecular complexity index is 699. The van der Waals surface area contributed by atoms with Crippen LogP contribution in [0.1, 0.15) is 19.0 Å². The minimum atomic E-state index is 0.780. The van der Waals surface area contributed by atoms with Gasteiger partial charge >= 0.3 is 0 Å². The van der Waals surface area contributed by atoms with E-state index in [1.54, 1.807) is 0 Å². The summed E-state index contributed by atoms with van der Waals surface area (Å²) in [4.78, 5) is 4.39. The fraction of sp³-hybridized carbons (Fsp3) is 0.400. The van der Waals surface area contributed by atoms with Crippen LogP contribution in [0.3, 0.4) is 0 Å². The summed E-state index contributed by atoms with van der Waals surface area (Å²) >= 11 is 0. The molecule has 3 aromatic rings. The first-order chi connectivity index (χ1) is 10.4. The first-order valence-corrected chi connectivity index (χ1v) is 7.36. The summed E-state index contributed by atoms with van der Waals surface area (Å²) in [6, 6.07) is 8.16. The normalized spacial score (nSPS) is 11.3. The van der Waals surface area contributed by atoms with Crippen molar-refractivity contribution in [2.24, 2.45) is 0 Å². The van der Waals surface area contributed by atoms with Crippen LogP contribution in [-0.2, 0) is 19.6 Å². The molecular weight excluding hydrogens is 264 g/mol. The fourth-order valence-electron chi connectivity index (χ4n) is 2.32. The van der Waals surface area contributed by atoms with Crippen molar-refractivity contribution >= 4 is 11.0 Å². The van der Waals surface area contributed by atoms with Gasteiger partial charge in [-0.3, -0.25) is 4.68 Å². The molecule has 21 heavy (non-hydrogen) atoms. The van der Waals surface area contributed by atoms with Gasteiger partial charge in [0.15, 0.2) is 0 Å². The molecule has 110 valence electrons. The van der Waals surface area contributed by atoms with E-state index in [-0.39, 0.29) is 0 Å². The zero-order chi connectivity index (χ0) is 14.5. The Morgan fingerprint density at radius 3 is 3.00 bits per heavy atom. The maximum Gasteiger partial charge on any atom is 0.0964 e. The molecule has 0 aliphatic heterocycles. The number of benzene rings is 1. The zero-order valence-corrected chi connectivity index (χ0v) is 12.2. The highest BCUT2D eigenvalue weighted by Crippen LogP contribution is 2.11. The summed E-state index contributed by atoms with van der Waals surface area (Å²) in [7, 11) is 0. The Hall–Kier alpha value is -2.21. The molecule has 0 aliphatic rings. The highest BCUT2D eigenvalue weighted by atomic mass is 15.4. The summed E-state index contributed by atoms with van der Waals surface area (Å²) in [6.07, 6.45) is 5.01. The van der Waals surface area contributed by atoms with E-state index in [1.165, 1.54) is 0 Å². The minimum Gasteiger partial charge on any atom is -0.329 e. The van der Waals surface area contributed by atoms with Crippen molar-refractivity contribution in [3.8, 4) is 0 Å². The summed E-state index contributed by atoms with van der Waals surface area (Å²) in [5, 5.41) is 11.7. The first kappa shape index (κ1) is 13.8. The molecular formula is C15H20N6. The van der Waals surface area contributed by atoms with Gasteiger partial charge in [-0.05, 0) is 25.1 Å². The van der Waals surface area contributed by atoms with Crippen LogP contribution in [0.25, 0.3) is 11.0 Å². The molecule has 0 aliphatic carbocycles. The molecule has 0 radical (unpaired) electrons. The number of rotatable bonds is 7. The molecule has 6 nitrogen and oxygen atoms in total. The van der Waals surface area contributed by atoms with Crippen LogP contribution in [-0.4, -0.2) is 31.1 Å². The molecule has 2 heterocycles. The van der Waals surface area contributed by atoms with Crippen molar-refractivity contribution in [2.45, 2.75) is 33.0 Å². The van der Waals surface area contributed by atoms with Gasteiger partial charge in [0.2, 0.25) is 0 Å². The SMILES string of the molecule is CCCNCc1cn(CCn2cnc3ccccc32)nn1. The Morgan fingerprint density at radius 1 is 1.19 bits per heavy atom. The molecule has 3 rings (SSSR count). The maximum absolute atomic E-state index is 4.39. The van der Waals surface area contributed by atoms with Crippen LogP contribution >= 0.6 is 0 Å². The van der Waals surface area contributed by atoms with E-state index >= 15 is 0 Å². The monoisotopic (exact) mass is 284 g/mol. The Kier molecular flexibility index (Phi) is 4.25. The maximum atomic E-state index is 4.39. The van der Waals surface area contributed by atoms with Crippen molar-refractivity contribution in [1.82, 2.24) is 29.9 Å². The number of para-hydroxylation sites is 2. The number of imidazole rings is 1. The fourth-order valence-corrected chi connectivity index (χ4v) is 2.32. The van der Waals surface area contributed by atoms with E-state index in [0.29, 0.717) is 0 Å². The Balaban J connectivity index is 1.60. The highest BCUT2D eigenvalue weighted by molar-refractivity contribution is 5.74. The summed E-state index contributed by atoms with van der Waals surface area (Å²) in [5.74, 6) is 0. The second-order valence-electron chi connectivity index (χ2n) is 5.08. The molecule has 1 aromatic carbocycles. The number of fused-ring (bicyclic) bond motifs is 1.